The van der Waals surface area contributed by atoms with Crippen LogP contribution >= 0.6 is 7.82 Å². The molecule has 0 atom stereocenters. The zero-order valence-electron chi connectivity index (χ0n) is 18.0. The molecule has 0 spiro atoms. The first-order valence-corrected chi connectivity index (χ1v) is 11.7. The van der Waals surface area contributed by atoms with Crippen LogP contribution in [0.5, 0.6) is 5.88 Å². The van der Waals surface area contributed by atoms with Crippen LogP contribution in [-0.2, 0) is 28.8 Å². The molecule has 1 aromatic carbocycles. The van der Waals surface area contributed by atoms with Crippen molar-refractivity contribution in [1.29, 1.82) is 0 Å². The second-order valence-electron chi connectivity index (χ2n) is 7.46. The summed E-state index contributed by atoms with van der Waals surface area (Å²) in [7, 11) is -4.66. The molecule has 4 N–H and O–H groups in total. The number of aromatic nitrogens is 3. The quantitative estimate of drug-likeness (QED) is 0.231. The molecule has 4 rings (SSSR count). The highest BCUT2D eigenvalue weighted by atomic mass is 31.2. The van der Waals surface area contributed by atoms with E-state index in [1.807, 2.05) is 0 Å². The van der Waals surface area contributed by atoms with Gasteiger partial charge in [-0.2, -0.15) is 0 Å². The van der Waals surface area contributed by atoms with Gasteiger partial charge in [0.15, 0.2) is 5.76 Å². The third-order valence-electron chi connectivity index (χ3n) is 4.80. The molecule has 0 aliphatic carbocycles. The van der Waals surface area contributed by atoms with Gasteiger partial charge in [-0.25, -0.2) is 27.4 Å². The number of hydrogen-bond acceptors (Lipinski definition) is 7. The molecule has 0 aliphatic heterocycles. The van der Waals surface area contributed by atoms with Crippen LogP contribution in [0.1, 0.15) is 16.8 Å². The number of hydrogen-bond donors (Lipinski definition) is 3. The Labute approximate surface area is 197 Å². The molecule has 182 valence electrons. The number of nitrogens with two attached hydrogens (primary N) is 1. The molecule has 3 aromatic heterocycles. The molecule has 0 radical (unpaired) electrons. The molecule has 3 heterocycles. The number of phosphoric ester groups is 1. The number of phosphoric acid groups is 1. The van der Waals surface area contributed by atoms with Gasteiger partial charge in [0.1, 0.15) is 23.8 Å². The van der Waals surface area contributed by atoms with E-state index in [0.29, 0.717) is 34.9 Å². The summed E-state index contributed by atoms with van der Waals surface area (Å²) in [5, 5.41) is 4.03. The summed E-state index contributed by atoms with van der Waals surface area (Å²) < 4.78 is 54.2. The largest absolute Gasteiger partial charge is 0.473 e. The van der Waals surface area contributed by atoms with E-state index in [0.717, 1.165) is 11.6 Å². The van der Waals surface area contributed by atoms with Crippen molar-refractivity contribution in [1.82, 2.24) is 10.1 Å². The van der Waals surface area contributed by atoms with E-state index in [9.17, 15) is 13.3 Å². The average Bonchev–Trinajstić information content (AvgIpc) is 3.25. The lowest BCUT2D eigenvalue weighted by molar-refractivity contribution is -0.711. The van der Waals surface area contributed by atoms with Gasteiger partial charge in [-0.3, -0.25) is 5.73 Å². The maximum Gasteiger partial charge on any atom is 0.472 e. The second kappa shape index (κ2) is 10.3. The van der Waals surface area contributed by atoms with E-state index in [1.54, 1.807) is 36.5 Å². The second-order valence-corrected chi connectivity index (χ2v) is 8.70. The first-order chi connectivity index (χ1) is 16.7. The van der Waals surface area contributed by atoms with Gasteiger partial charge in [0.25, 0.3) is 5.82 Å². The van der Waals surface area contributed by atoms with Crippen LogP contribution in [0.3, 0.4) is 0 Å². The van der Waals surface area contributed by atoms with Gasteiger partial charge in [0.05, 0.1) is 11.9 Å². The molecule has 0 fully saturated rings. The molecule has 35 heavy (non-hydrogen) atoms. The fourth-order valence-corrected chi connectivity index (χ4v) is 3.48. The minimum absolute atomic E-state index is 0.0363. The lowest BCUT2D eigenvalue weighted by atomic mass is 10.1. The summed E-state index contributed by atoms with van der Waals surface area (Å²) in [4.78, 5) is 22.0. The molecule has 10 nitrogen and oxygen atoms in total. The first kappa shape index (κ1) is 24.4. The van der Waals surface area contributed by atoms with Crippen LogP contribution in [0.4, 0.5) is 14.6 Å². The fourth-order valence-electron chi connectivity index (χ4n) is 3.21. The summed E-state index contributed by atoms with van der Waals surface area (Å²) in [6.45, 7) is -0.482. The number of anilines is 1. The molecule has 0 aliphatic rings. The maximum atomic E-state index is 13.3. The summed E-state index contributed by atoms with van der Waals surface area (Å²) in [6, 6.07) is 11.5. The minimum Gasteiger partial charge on any atom is -0.473 e. The van der Waals surface area contributed by atoms with Crippen molar-refractivity contribution in [3.05, 3.63) is 89.4 Å². The van der Waals surface area contributed by atoms with Gasteiger partial charge in [0, 0.05) is 30.8 Å². The number of halogens is 2. The van der Waals surface area contributed by atoms with Crippen LogP contribution in [0.15, 0.2) is 65.4 Å². The van der Waals surface area contributed by atoms with E-state index >= 15 is 0 Å². The number of pyridine rings is 2. The summed E-state index contributed by atoms with van der Waals surface area (Å²) in [6.07, 6.45) is 3.48. The normalized spacial score (nSPS) is 11.5. The van der Waals surface area contributed by atoms with Crippen LogP contribution in [0.25, 0.3) is 11.3 Å². The Hall–Kier alpha value is -3.70. The van der Waals surface area contributed by atoms with Crippen molar-refractivity contribution in [2.45, 2.75) is 19.8 Å². The highest BCUT2D eigenvalue weighted by molar-refractivity contribution is 7.46. The lowest BCUT2D eigenvalue weighted by Crippen LogP contribution is -2.38. The fraction of sp³-hybridized carbons (Fsp3) is 0.136. The monoisotopic (exact) mass is 505 g/mol. The Bertz CT molecular complexity index is 1360. The van der Waals surface area contributed by atoms with E-state index < -0.39 is 26.2 Å². The van der Waals surface area contributed by atoms with E-state index in [-0.39, 0.29) is 12.4 Å². The minimum atomic E-state index is -4.66. The van der Waals surface area contributed by atoms with Crippen LogP contribution < -0.4 is 15.0 Å². The highest BCUT2D eigenvalue weighted by Gasteiger charge is 2.20. The smallest absolute Gasteiger partial charge is 0.472 e. The topological polar surface area (TPSA) is 145 Å². The predicted octanol–water partition coefficient (Wildman–Crippen LogP) is 3.12. The lowest BCUT2D eigenvalue weighted by Gasteiger charge is -2.07. The van der Waals surface area contributed by atoms with Crippen molar-refractivity contribution in [3.63, 3.8) is 0 Å². The SMILES string of the molecule is Nc1c(-c2cc(Cc3ccc(OCc4cc(F)cc(F)c4)nc3)no2)ccc[n+]1COP(=O)(O)O. The van der Waals surface area contributed by atoms with E-state index in [2.05, 4.69) is 14.7 Å². The first-order valence-electron chi connectivity index (χ1n) is 10.1. The molecular weight excluding hydrogens is 485 g/mol. The van der Waals surface area contributed by atoms with Crippen molar-refractivity contribution >= 4 is 13.6 Å². The average molecular weight is 505 g/mol. The van der Waals surface area contributed by atoms with Gasteiger partial charge in [-0.1, -0.05) is 11.2 Å². The van der Waals surface area contributed by atoms with Gasteiger partial charge in [-0.05, 0) is 35.4 Å². The van der Waals surface area contributed by atoms with E-state index in [4.69, 9.17) is 24.8 Å². The van der Waals surface area contributed by atoms with Crippen LogP contribution in [0, 0.1) is 11.6 Å². The number of rotatable bonds is 9. The van der Waals surface area contributed by atoms with Gasteiger partial charge in [0.2, 0.25) is 12.6 Å². The number of nitrogens with zero attached hydrogens (tertiary/aromatic N) is 3. The third-order valence-corrected chi connectivity index (χ3v) is 5.25. The van der Waals surface area contributed by atoms with Gasteiger partial charge < -0.3 is 19.0 Å². The van der Waals surface area contributed by atoms with E-state index in [1.165, 1.54) is 22.9 Å². The van der Waals surface area contributed by atoms with Gasteiger partial charge >= 0.3 is 7.82 Å². The van der Waals surface area contributed by atoms with Crippen molar-refractivity contribution in [2.24, 2.45) is 0 Å². The maximum absolute atomic E-state index is 13.3. The van der Waals surface area contributed by atoms with Crippen LogP contribution in [0.2, 0.25) is 0 Å². The molecule has 0 bridgehead atoms. The van der Waals surface area contributed by atoms with Crippen molar-refractivity contribution in [3.8, 4) is 17.2 Å². The molecule has 0 unspecified atom stereocenters. The number of benzene rings is 1. The van der Waals surface area contributed by atoms with Crippen LogP contribution in [-0.4, -0.2) is 19.9 Å². The Morgan fingerprint density at radius 2 is 1.86 bits per heavy atom. The summed E-state index contributed by atoms with van der Waals surface area (Å²) >= 11 is 0. The zero-order valence-corrected chi connectivity index (χ0v) is 18.9. The summed E-state index contributed by atoms with van der Waals surface area (Å²) in [5.41, 5.74) is 8.30. The molecule has 0 saturated carbocycles. The van der Waals surface area contributed by atoms with Crippen molar-refractivity contribution < 1.29 is 41.5 Å². The molecule has 4 aromatic rings. The van der Waals surface area contributed by atoms with Crippen molar-refractivity contribution in [2.75, 3.05) is 5.73 Å². The standard InChI is InChI=1S/C22H19F2N4O6P/c23-16-6-15(7-17(24)9-16)12-32-21-4-3-14(11-26-21)8-18-10-20(34-27-18)19-2-1-5-28(22(19)25)13-33-35(29,30)31/h1-7,9-11,25H,8,12-13H2,(H2,29,30,31)/p+1. The number of nitrogen functional groups attached to an aromatic ring is 1. The summed E-state index contributed by atoms with van der Waals surface area (Å²) in [5.74, 6) is -0.539. The Kier molecular flexibility index (Phi) is 7.17. The zero-order chi connectivity index (χ0) is 25.0. The molecule has 13 heteroatoms. The third kappa shape index (κ3) is 6.67. The number of ether oxygens (including phenoxy) is 1. The molecule has 0 amide bonds. The Morgan fingerprint density at radius 3 is 2.54 bits per heavy atom. The molecule has 0 saturated heterocycles. The highest BCUT2D eigenvalue weighted by Crippen LogP contribution is 2.35. The Morgan fingerprint density at radius 1 is 1.09 bits per heavy atom. The Balaban J connectivity index is 1.40. The van der Waals surface area contributed by atoms with Gasteiger partial charge in [-0.15, -0.1) is 0 Å². The predicted molar refractivity (Wildman–Crippen MR) is 117 cm³/mol. The molecular formula is C22H20F2N4O6P+.